The number of non-ortho nitro benzene ring substituents is 2. The fourth-order valence-corrected chi connectivity index (χ4v) is 7.06. The third kappa shape index (κ3) is 6.61. The van der Waals surface area contributed by atoms with E-state index >= 15 is 0 Å². The Hall–Kier alpha value is -3.88. The van der Waals surface area contributed by atoms with Crippen LogP contribution >= 0.6 is 0 Å². The lowest BCUT2D eigenvalue weighted by atomic mass is 9.96. The van der Waals surface area contributed by atoms with Gasteiger partial charge in [0, 0.05) is 36.9 Å². The molecule has 3 aromatic carbocycles. The maximum Gasteiger partial charge on any atom is 0.297 e. The molecule has 18 heteroatoms. The molecule has 2 saturated heterocycles. The molecule has 0 bridgehead atoms. The Balaban J connectivity index is 1.52. The quantitative estimate of drug-likeness (QED) is 0.190. The number of nitro groups is 2. The lowest BCUT2D eigenvalue weighted by molar-refractivity contribution is -0.385. The molecule has 2 heterocycles. The second-order valence-corrected chi connectivity index (χ2v) is 12.9. The van der Waals surface area contributed by atoms with Crippen LogP contribution in [0, 0.1) is 20.2 Å². The maximum absolute atomic E-state index is 13.5. The summed E-state index contributed by atoms with van der Waals surface area (Å²) in [5.41, 5.74) is -0.123. The van der Waals surface area contributed by atoms with Crippen molar-refractivity contribution in [3.63, 3.8) is 0 Å². The highest BCUT2D eigenvalue weighted by molar-refractivity contribution is 7.89. The van der Waals surface area contributed by atoms with E-state index in [-0.39, 0.29) is 22.9 Å². The van der Waals surface area contributed by atoms with Gasteiger partial charge < -0.3 is 18.9 Å². The Morgan fingerprint density at radius 1 is 0.818 bits per heavy atom. The van der Waals surface area contributed by atoms with Crippen molar-refractivity contribution in [3.05, 3.63) is 105 Å². The number of fused-ring (bicyclic) bond motifs is 1. The van der Waals surface area contributed by atoms with E-state index in [2.05, 4.69) is 4.72 Å². The molecule has 1 unspecified atom stereocenters. The summed E-state index contributed by atoms with van der Waals surface area (Å²) in [5.74, 6) is 0. The molecule has 0 aromatic heterocycles. The van der Waals surface area contributed by atoms with Crippen LogP contribution < -0.4 is 4.72 Å². The highest BCUT2D eigenvalue weighted by Gasteiger charge is 2.53. The van der Waals surface area contributed by atoms with Gasteiger partial charge in [-0.3, -0.25) is 24.4 Å². The lowest BCUT2D eigenvalue weighted by Gasteiger charge is -2.48. The molecule has 2 aliphatic rings. The molecule has 2 aliphatic heterocycles. The van der Waals surface area contributed by atoms with E-state index in [0.717, 1.165) is 48.5 Å². The second kappa shape index (κ2) is 12.6. The van der Waals surface area contributed by atoms with Gasteiger partial charge in [-0.15, -0.1) is 0 Å². The first-order valence-corrected chi connectivity index (χ1v) is 15.7. The molecule has 0 amide bonds. The topological polar surface area (TPSA) is 213 Å². The number of benzene rings is 3. The molecule has 0 saturated carbocycles. The van der Waals surface area contributed by atoms with Gasteiger partial charge in [-0.25, -0.2) is 13.1 Å². The molecule has 5 rings (SSSR count). The van der Waals surface area contributed by atoms with Gasteiger partial charge in [-0.05, 0) is 24.3 Å². The van der Waals surface area contributed by atoms with Gasteiger partial charge in [-0.2, -0.15) is 8.42 Å². The zero-order chi connectivity index (χ0) is 31.6. The summed E-state index contributed by atoms with van der Waals surface area (Å²) < 4.78 is 85.1. The number of sulfonamides is 1. The van der Waals surface area contributed by atoms with Crippen LogP contribution in [-0.4, -0.2) is 71.0 Å². The van der Waals surface area contributed by atoms with E-state index in [0.29, 0.717) is 5.56 Å². The minimum absolute atomic E-state index is 0.108. The molecule has 6 atom stereocenters. The highest BCUT2D eigenvalue weighted by Crippen LogP contribution is 2.37. The predicted octanol–water partition coefficient (Wildman–Crippen LogP) is 2.41. The van der Waals surface area contributed by atoms with Gasteiger partial charge in [0.1, 0.15) is 24.4 Å². The number of nitro benzene ring substituents is 2. The largest absolute Gasteiger partial charge is 0.354 e. The van der Waals surface area contributed by atoms with Gasteiger partial charge in [0.2, 0.25) is 10.0 Å². The lowest BCUT2D eigenvalue weighted by Crippen LogP contribution is -2.67. The highest BCUT2D eigenvalue weighted by atomic mass is 32.2. The van der Waals surface area contributed by atoms with E-state index < -0.39 is 71.8 Å². The molecule has 1 N–H and O–H groups in total. The van der Waals surface area contributed by atoms with Gasteiger partial charge in [0.25, 0.3) is 21.5 Å². The van der Waals surface area contributed by atoms with Crippen LogP contribution in [0.15, 0.2) is 88.7 Å². The molecule has 44 heavy (non-hydrogen) atoms. The predicted molar refractivity (Wildman–Crippen MR) is 148 cm³/mol. The zero-order valence-corrected chi connectivity index (χ0v) is 24.3. The van der Waals surface area contributed by atoms with Crippen molar-refractivity contribution >= 4 is 31.5 Å². The van der Waals surface area contributed by atoms with Gasteiger partial charge in [-0.1, -0.05) is 30.3 Å². The number of ether oxygens (including phenoxy) is 4. The van der Waals surface area contributed by atoms with E-state index in [9.17, 15) is 37.1 Å². The van der Waals surface area contributed by atoms with Crippen molar-refractivity contribution in [1.82, 2.24) is 4.72 Å². The smallest absolute Gasteiger partial charge is 0.297 e. The number of rotatable bonds is 10. The van der Waals surface area contributed by atoms with Crippen molar-refractivity contribution in [1.29, 1.82) is 0 Å². The molecular formula is C26H25N3O13S2. The Labute approximate surface area is 250 Å². The molecule has 0 radical (unpaired) electrons. The first-order valence-electron chi connectivity index (χ1n) is 12.8. The molecule has 16 nitrogen and oxygen atoms in total. The Kier molecular flexibility index (Phi) is 9.05. The van der Waals surface area contributed by atoms with E-state index in [4.69, 9.17) is 23.1 Å². The third-order valence-electron chi connectivity index (χ3n) is 6.87. The van der Waals surface area contributed by atoms with Crippen LogP contribution in [0.4, 0.5) is 11.4 Å². The average Bonchev–Trinajstić information content (AvgIpc) is 3.02. The van der Waals surface area contributed by atoms with Gasteiger partial charge in [0.05, 0.1) is 26.2 Å². The van der Waals surface area contributed by atoms with Crippen LogP contribution in [-0.2, 0) is 43.3 Å². The SMILES string of the molecule is CO[C@H]1O[C@@H]2COC(c3ccccc3)O[C@H]2[C@H](OS(=O)(=O)c2ccc([N+](=O)[O-])cc2)[C@H]1NS(=O)(=O)c1ccc([N+](=O)[O-])cc1. The van der Waals surface area contributed by atoms with Crippen molar-refractivity contribution < 1.29 is 49.8 Å². The van der Waals surface area contributed by atoms with Crippen molar-refractivity contribution in [3.8, 4) is 0 Å². The van der Waals surface area contributed by atoms with Gasteiger partial charge in [0.15, 0.2) is 12.6 Å². The summed E-state index contributed by atoms with van der Waals surface area (Å²) in [6.07, 6.45) is -6.25. The van der Waals surface area contributed by atoms with Gasteiger partial charge >= 0.3 is 0 Å². The summed E-state index contributed by atoms with van der Waals surface area (Å²) in [7, 11) is -7.98. The molecule has 3 aromatic rings. The minimum Gasteiger partial charge on any atom is -0.354 e. The summed E-state index contributed by atoms with van der Waals surface area (Å²) in [6, 6.07) is 15.0. The van der Waals surface area contributed by atoms with Crippen LogP contribution in [0.3, 0.4) is 0 Å². The Morgan fingerprint density at radius 3 is 1.93 bits per heavy atom. The molecular weight excluding hydrogens is 626 g/mol. The Bertz CT molecular complexity index is 1720. The normalized spacial score (nSPS) is 25.6. The monoisotopic (exact) mass is 651 g/mol. The van der Waals surface area contributed by atoms with Crippen LogP contribution in [0.2, 0.25) is 0 Å². The summed E-state index contributed by atoms with van der Waals surface area (Å²) >= 11 is 0. The number of hydrogen-bond donors (Lipinski definition) is 1. The first-order chi connectivity index (χ1) is 20.9. The average molecular weight is 652 g/mol. The van der Waals surface area contributed by atoms with Crippen molar-refractivity contribution in [2.45, 2.75) is 46.7 Å². The van der Waals surface area contributed by atoms with Crippen molar-refractivity contribution in [2.24, 2.45) is 0 Å². The number of methoxy groups -OCH3 is 1. The molecule has 0 spiro atoms. The van der Waals surface area contributed by atoms with Crippen LogP contribution in [0.1, 0.15) is 11.9 Å². The van der Waals surface area contributed by atoms with E-state index in [1.165, 1.54) is 7.11 Å². The second-order valence-electron chi connectivity index (χ2n) is 9.62. The van der Waals surface area contributed by atoms with Crippen molar-refractivity contribution in [2.75, 3.05) is 13.7 Å². The van der Waals surface area contributed by atoms with Crippen LogP contribution in [0.5, 0.6) is 0 Å². The fourth-order valence-electron chi connectivity index (χ4n) is 4.72. The Morgan fingerprint density at radius 2 is 1.39 bits per heavy atom. The van der Waals surface area contributed by atoms with Crippen LogP contribution in [0.25, 0.3) is 0 Å². The molecule has 0 aliphatic carbocycles. The van der Waals surface area contributed by atoms with E-state index in [1.807, 2.05) is 0 Å². The van der Waals surface area contributed by atoms with E-state index in [1.54, 1.807) is 30.3 Å². The molecule has 2 fully saturated rings. The molecule has 234 valence electrons. The summed E-state index contributed by atoms with van der Waals surface area (Å²) in [5, 5.41) is 22.1. The zero-order valence-electron chi connectivity index (χ0n) is 22.7. The summed E-state index contributed by atoms with van der Waals surface area (Å²) in [6.45, 7) is -0.108. The third-order valence-corrected chi connectivity index (χ3v) is 9.67. The minimum atomic E-state index is -4.70. The number of nitrogens with zero attached hydrogens (tertiary/aromatic N) is 2. The standard InChI is InChI=1S/C26H25N3O13S2/c1-38-26-22(27-43(34,35)19-11-7-17(8-12-19)28(30)31)24(42-44(36,37)20-13-9-18(10-14-20)29(32)33)23-21(40-26)15-39-25(41-23)16-5-3-2-4-6-16/h2-14,21-27H,15H2,1H3/t21-,22-,23-,24-,25?,26+/m1/s1. The number of hydrogen-bond acceptors (Lipinski definition) is 13. The fraction of sp³-hybridized carbons (Fsp3) is 0.308. The maximum atomic E-state index is 13.5. The summed E-state index contributed by atoms with van der Waals surface area (Å²) in [4.78, 5) is 19.9. The first kappa shape index (κ1) is 31.5. The number of nitrogens with one attached hydrogen (secondary N) is 1.